The summed E-state index contributed by atoms with van der Waals surface area (Å²) < 4.78 is 41.6. The molecule has 0 aromatic carbocycles. The maximum absolute atomic E-state index is 13.5. The molecule has 0 saturated heterocycles. The minimum Gasteiger partial charge on any atom is -0.306 e. The van der Waals surface area contributed by atoms with Gasteiger partial charge in [-0.1, -0.05) is 11.6 Å². The second-order valence-corrected chi connectivity index (χ2v) is 7.06. The van der Waals surface area contributed by atoms with Crippen molar-refractivity contribution in [3.63, 3.8) is 0 Å². The van der Waals surface area contributed by atoms with E-state index in [9.17, 15) is 23.2 Å². The number of aromatic nitrogens is 7. The number of pyridine rings is 1. The number of urea groups is 1. The molecule has 2 amide bonds. The number of imidazole rings is 1. The standard InChI is InChI=1S/C18H12ClF3N10O/c1-9(18(20,21)22)14-12(7-27-31-8-13(19)30-16(14)31)29-17(33)28-11-4-10(5-23)15(24-6-11)32-25-2-3-26-32/h2-4,6-9H,1H3,(H2,28,29,33). The highest BCUT2D eigenvalue weighted by molar-refractivity contribution is 6.29. The van der Waals surface area contributed by atoms with Crippen LogP contribution in [-0.2, 0) is 0 Å². The van der Waals surface area contributed by atoms with E-state index >= 15 is 0 Å². The molecule has 0 bridgehead atoms. The number of anilines is 2. The molecule has 4 aromatic heterocycles. The van der Waals surface area contributed by atoms with Gasteiger partial charge in [-0.15, -0.1) is 4.80 Å². The van der Waals surface area contributed by atoms with Gasteiger partial charge in [-0.2, -0.15) is 33.7 Å². The molecule has 0 spiro atoms. The first kappa shape index (κ1) is 22.0. The number of hydrogen-bond acceptors (Lipinski definition) is 7. The Labute approximate surface area is 187 Å². The van der Waals surface area contributed by atoms with E-state index in [0.29, 0.717) is 0 Å². The Balaban J connectivity index is 1.63. The molecule has 0 saturated carbocycles. The zero-order valence-electron chi connectivity index (χ0n) is 16.5. The van der Waals surface area contributed by atoms with Crippen molar-refractivity contribution in [1.29, 1.82) is 5.26 Å². The van der Waals surface area contributed by atoms with Gasteiger partial charge in [0.25, 0.3) is 0 Å². The first-order chi connectivity index (χ1) is 15.7. The van der Waals surface area contributed by atoms with Crippen LogP contribution in [-0.4, -0.2) is 46.8 Å². The van der Waals surface area contributed by atoms with Gasteiger partial charge in [-0.3, -0.25) is 0 Å². The lowest BCUT2D eigenvalue weighted by Crippen LogP contribution is -2.25. The molecule has 0 radical (unpaired) electrons. The fraction of sp³-hybridized carbons (Fsp3) is 0.167. The number of nitrogens with one attached hydrogen (secondary N) is 2. The second kappa shape index (κ2) is 8.36. The molecule has 4 aromatic rings. The van der Waals surface area contributed by atoms with Gasteiger partial charge in [0.05, 0.1) is 48.3 Å². The van der Waals surface area contributed by atoms with Crippen LogP contribution in [0.2, 0.25) is 5.15 Å². The van der Waals surface area contributed by atoms with Crippen LogP contribution < -0.4 is 10.6 Å². The SMILES string of the molecule is CC(c1c(NC(=O)Nc2cnc(-n3nccn3)c(C#N)c2)cnn2cc(Cl)nc12)C(F)(F)F. The molecule has 4 rings (SSSR count). The van der Waals surface area contributed by atoms with Crippen LogP contribution in [0.4, 0.5) is 29.3 Å². The molecule has 15 heteroatoms. The molecular formula is C18H12ClF3N10O. The van der Waals surface area contributed by atoms with Gasteiger partial charge in [-0.25, -0.2) is 19.3 Å². The number of rotatable bonds is 4. The molecule has 0 aliphatic heterocycles. The summed E-state index contributed by atoms with van der Waals surface area (Å²) in [6, 6.07) is 2.35. The van der Waals surface area contributed by atoms with Gasteiger partial charge in [-0.05, 0) is 13.0 Å². The number of alkyl halides is 3. The summed E-state index contributed by atoms with van der Waals surface area (Å²) in [5.74, 6) is -1.84. The molecule has 11 nitrogen and oxygen atoms in total. The number of carbonyl (C=O) groups excluding carboxylic acids is 1. The summed E-state index contributed by atoms with van der Waals surface area (Å²) in [6.45, 7) is 0.937. The average Bonchev–Trinajstić information content (AvgIpc) is 3.41. The normalized spacial score (nSPS) is 12.4. The van der Waals surface area contributed by atoms with Crippen LogP contribution in [0.1, 0.15) is 24.0 Å². The average molecular weight is 477 g/mol. The Morgan fingerprint density at radius 2 is 1.94 bits per heavy atom. The van der Waals surface area contributed by atoms with Gasteiger partial charge < -0.3 is 10.6 Å². The van der Waals surface area contributed by atoms with Gasteiger partial charge >= 0.3 is 12.2 Å². The molecule has 1 unspecified atom stereocenters. The summed E-state index contributed by atoms with van der Waals surface area (Å²) in [4.78, 5) is 21.6. The van der Waals surface area contributed by atoms with Crippen molar-refractivity contribution in [2.75, 3.05) is 10.6 Å². The summed E-state index contributed by atoms with van der Waals surface area (Å²) >= 11 is 5.82. The van der Waals surface area contributed by atoms with Crippen molar-refractivity contribution >= 4 is 34.7 Å². The molecule has 2 N–H and O–H groups in total. The van der Waals surface area contributed by atoms with Crippen LogP contribution in [0.25, 0.3) is 11.5 Å². The Morgan fingerprint density at radius 3 is 2.61 bits per heavy atom. The third-order valence-corrected chi connectivity index (χ3v) is 4.71. The van der Waals surface area contributed by atoms with E-state index in [2.05, 4.69) is 35.9 Å². The van der Waals surface area contributed by atoms with E-state index in [-0.39, 0.29) is 39.1 Å². The first-order valence-electron chi connectivity index (χ1n) is 9.12. The minimum absolute atomic E-state index is 0.0541. The van der Waals surface area contributed by atoms with Gasteiger partial charge in [0.15, 0.2) is 11.5 Å². The molecule has 1 atom stereocenters. The highest BCUT2D eigenvalue weighted by Gasteiger charge is 2.40. The highest BCUT2D eigenvalue weighted by atomic mass is 35.5. The third-order valence-electron chi connectivity index (χ3n) is 4.53. The Hall–Kier alpha value is -4.25. The van der Waals surface area contributed by atoms with Crippen molar-refractivity contribution in [1.82, 2.24) is 34.6 Å². The number of halogens is 4. The van der Waals surface area contributed by atoms with Crippen LogP contribution in [0.3, 0.4) is 0 Å². The molecular weight excluding hydrogens is 465 g/mol. The van der Waals surface area contributed by atoms with E-state index < -0.39 is 18.1 Å². The topological polar surface area (TPSA) is 139 Å². The monoisotopic (exact) mass is 476 g/mol. The molecule has 0 aliphatic rings. The number of nitriles is 1. The lowest BCUT2D eigenvalue weighted by atomic mass is 10.0. The second-order valence-electron chi connectivity index (χ2n) is 6.67. The van der Waals surface area contributed by atoms with Crippen molar-refractivity contribution in [2.45, 2.75) is 19.0 Å². The van der Waals surface area contributed by atoms with E-state index in [4.69, 9.17) is 11.6 Å². The van der Waals surface area contributed by atoms with Crippen LogP contribution in [0.5, 0.6) is 0 Å². The fourth-order valence-electron chi connectivity index (χ4n) is 2.99. The lowest BCUT2D eigenvalue weighted by molar-refractivity contribution is -0.146. The molecule has 0 fully saturated rings. The summed E-state index contributed by atoms with van der Waals surface area (Å²) in [7, 11) is 0. The van der Waals surface area contributed by atoms with Crippen molar-refractivity contribution < 1.29 is 18.0 Å². The number of amides is 2. The number of hydrogen-bond donors (Lipinski definition) is 2. The number of carbonyl (C=O) groups is 1. The molecule has 168 valence electrons. The summed E-state index contributed by atoms with van der Waals surface area (Å²) in [5.41, 5.74) is -0.491. The predicted octanol–water partition coefficient (Wildman–Crippen LogP) is 3.54. The maximum atomic E-state index is 13.5. The Kier molecular flexibility index (Phi) is 5.56. The van der Waals surface area contributed by atoms with E-state index in [1.165, 1.54) is 30.9 Å². The van der Waals surface area contributed by atoms with Gasteiger partial charge in [0, 0.05) is 5.56 Å². The quantitative estimate of drug-likeness (QED) is 0.459. The van der Waals surface area contributed by atoms with Crippen molar-refractivity contribution in [2.24, 2.45) is 0 Å². The fourth-order valence-corrected chi connectivity index (χ4v) is 3.16. The minimum atomic E-state index is -4.62. The number of nitrogens with zero attached hydrogens (tertiary/aromatic N) is 8. The predicted molar refractivity (Wildman–Crippen MR) is 109 cm³/mol. The van der Waals surface area contributed by atoms with Gasteiger partial charge in [0.2, 0.25) is 0 Å². The van der Waals surface area contributed by atoms with E-state index in [1.54, 1.807) is 0 Å². The van der Waals surface area contributed by atoms with Crippen molar-refractivity contribution in [3.05, 3.63) is 53.3 Å². The zero-order chi connectivity index (χ0) is 23.8. The maximum Gasteiger partial charge on any atom is 0.395 e. The summed E-state index contributed by atoms with van der Waals surface area (Å²) in [6.07, 6.45) is 1.75. The Bertz CT molecular complexity index is 1380. The highest BCUT2D eigenvalue weighted by Crippen LogP contribution is 2.39. The first-order valence-corrected chi connectivity index (χ1v) is 9.50. The third kappa shape index (κ3) is 4.39. The van der Waals surface area contributed by atoms with Crippen LogP contribution >= 0.6 is 11.6 Å². The summed E-state index contributed by atoms with van der Waals surface area (Å²) in [5, 5.41) is 25.8. The lowest BCUT2D eigenvalue weighted by Gasteiger charge is -2.20. The van der Waals surface area contributed by atoms with E-state index in [0.717, 1.165) is 22.4 Å². The van der Waals surface area contributed by atoms with Crippen LogP contribution in [0.15, 0.2) is 37.1 Å². The van der Waals surface area contributed by atoms with Crippen molar-refractivity contribution in [3.8, 4) is 11.9 Å². The van der Waals surface area contributed by atoms with Gasteiger partial charge in [0.1, 0.15) is 16.8 Å². The molecule has 0 aliphatic carbocycles. The number of fused-ring (bicyclic) bond motifs is 1. The Morgan fingerprint density at radius 1 is 1.21 bits per heavy atom. The molecule has 4 heterocycles. The molecule has 33 heavy (non-hydrogen) atoms. The van der Waals surface area contributed by atoms with Crippen LogP contribution in [0, 0.1) is 11.3 Å². The largest absolute Gasteiger partial charge is 0.395 e. The van der Waals surface area contributed by atoms with E-state index in [1.807, 2.05) is 6.07 Å². The zero-order valence-corrected chi connectivity index (χ0v) is 17.3. The smallest absolute Gasteiger partial charge is 0.306 e.